The van der Waals surface area contributed by atoms with Crippen LogP contribution in [0.1, 0.15) is 17.2 Å². The first-order valence-electron chi connectivity index (χ1n) is 10.6. The van der Waals surface area contributed by atoms with Gasteiger partial charge in [-0.25, -0.2) is 4.39 Å². The SMILES string of the molecule is CN=C(NCc1ccnc2ccccc12)NCC(c1ccc(F)cc1)N1CCOCC1.I. The first kappa shape index (κ1) is 24.3. The number of benzene rings is 2. The van der Waals surface area contributed by atoms with Crippen molar-refractivity contribution < 1.29 is 9.13 Å². The third kappa shape index (κ3) is 6.14. The van der Waals surface area contributed by atoms with E-state index in [1.807, 2.05) is 42.6 Å². The van der Waals surface area contributed by atoms with Crippen LogP contribution in [0.4, 0.5) is 4.39 Å². The van der Waals surface area contributed by atoms with Crippen LogP contribution >= 0.6 is 24.0 Å². The fourth-order valence-electron chi connectivity index (χ4n) is 3.93. The van der Waals surface area contributed by atoms with E-state index in [1.54, 1.807) is 7.05 Å². The van der Waals surface area contributed by atoms with Crippen LogP contribution in [0.5, 0.6) is 0 Å². The predicted molar refractivity (Wildman–Crippen MR) is 137 cm³/mol. The minimum Gasteiger partial charge on any atom is -0.379 e. The van der Waals surface area contributed by atoms with Crippen LogP contribution in [0, 0.1) is 5.82 Å². The van der Waals surface area contributed by atoms with Crippen LogP contribution in [-0.4, -0.2) is 55.7 Å². The molecule has 1 aliphatic rings. The highest BCUT2D eigenvalue weighted by molar-refractivity contribution is 14.0. The summed E-state index contributed by atoms with van der Waals surface area (Å²) in [5.41, 5.74) is 3.22. The lowest BCUT2D eigenvalue weighted by molar-refractivity contribution is 0.0170. The number of rotatable bonds is 6. The van der Waals surface area contributed by atoms with E-state index in [0.29, 0.717) is 26.3 Å². The van der Waals surface area contributed by atoms with Crippen molar-refractivity contribution in [3.05, 3.63) is 77.7 Å². The Labute approximate surface area is 205 Å². The van der Waals surface area contributed by atoms with E-state index in [1.165, 1.54) is 12.1 Å². The van der Waals surface area contributed by atoms with Crippen LogP contribution in [-0.2, 0) is 11.3 Å². The summed E-state index contributed by atoms with van der Waals surface area (Å²) in [4.78, 5) is 11.2. The van der Waals surface area contributed by atoms with E-state index in [9.17, 15) is 4.39 Å². The molecular weight excluding hydrogens is 520 g/mol. The predicted octanol–water partition coefficient (Wildman–Crippen LogP) is 3.73. The van der Waals surface area contributed by atoms with E-state index >= 15 is 0 Å². The summed E-state index contributed by atoms with van der Waals surface area (Å²) in [7, 11) is 1.77. The van der Waals surface area contributed by atoms with Crippen LogP contribution in [0.25, 0.3) is 10.9 Å². The van der Waals surface area contributed by atoms with E-state index in [4.69, 9.17) is 4.74 Å². The highest BCUT2D eigenvalue weighted by Gasteiger charge is 2.23. The van der Waals surface area contributed by atoms with Gasteiger partial charge in [0.2, 0.25) is 0 Å². The molecule has 2 heterocycles. The van der Waals surface area contributed by atoms with Crippen LogP contribution < -0.4 is 10.6 Å². The van der Waals surface area contributed by atoms with Gasteiger partial charge in [0.15, 0.2) is 5.96 Å². The number of ether oxygens (including phenoxy) is 1. The van der Waals surface area contributed by atoms with Crippen molar-refractivity contribution in [2.75, 3.05) is 39.9 Å². The van der Waals surface area contributed by atoms with Gasteiger partial charge in [0.25, 0.3) is 0 Å². The third-order valence-electron chi connectivity index (χ3n) is 5.61. The van der Waals surface area contributed by atoms with Crippen molar-refractivity contribution in [3.63, 3.8) is 0 Å². The zero-order valence-electron chi connectivity index (χ0n) is 18.1. The zero-order chi connectivity index (χ0) is 21.5. The van der Waals surface area contributed by atoms with Crippen molar-refractivity contribution in [3.8, 4) is 0 Å². The second-order valence-corrected chi connectivity index (χ2v) is 7.51. The molecule has 2 N–H and O–H groups in total. The molecule has 2 aromatic carbocycles. The molecule has 0 aliphatic carbocycles. The van der Waals surface area contributed by atoms with E-state index in [0.717, 1.165) is 41.1 Å². The summed E-state index contributed by atoms with van der Waals surface area (Å²) < 4.78 is 19.0. The maximum absolute atomic E-state index is 13.5. The Morgan fingerprint density at radius 2 is 1.84 bits per heavy atom. The molecule has 0 radical (unpaired) electrons. The number of nitrogens with one attached hydrogen (secondary N) is 2. The first-order valence-corrected chi connectivity index (χ1v) is 10.6. The van der Waals surface area contributed by atoms with Gasteiger partial charge in [-0.15, -0.1) is 24.0 Å². The van der Waals surface area contributed by atoms with Gasteiger partial charge in [-0.1, -0.05) is 30.3 Å². The number of aliphatic imine (C=N–C) groups is 1. The molecule has 1 atom stereocenters. The van der Waals surface area contributed by atoms with Crippen LogP contribution in [0.2, 0.25) is 0 Å². The van der Waals surface area contributed by atoms with Gasteiger partial charge in [-0.2, -0.15) is 0 Å². The van der Waals surface area contributed by atoms with E-state index in [2.05, 4.69) is 31.6 Å². The number of halogens is 2. The summed E-state index contributed by atoms with van der Waals surface area (Å²) in [5, 5.41) is 7.98. The second kappa shape index (κ2) is 12.1. The number of hydrogen-bond donors (Lipinski definition) is 2. The molecular formula is C24H29FIN5O. The zero-order valence-corrected chi connectivity index (χ0v) is 20.5. The molecule has 1 aromatic heterocycles. The minimum absolute atomic E-state index is 0. The molecule has 8 heteroatoms. The van der Waals surface area contributed by atoms with Gasteiger partial charge in [-0.3, -0.25) is 14.9 Å². The van der Waals surface area contributed by atoms with Crippen molar-refractivity contribution in [2.45, 2.75) is 12.6 Å². The Hall–Kier alpha value is -2.30. The Bertz CT molecular complexity index is 1020. The minimum atomic E-state index is -0.223. The van der Waals surface area contributed by atoms with Gasteiger partial charge >= 0.3 is 0 Å². The number of fused-ring (bicyclic) bond motifs is 1. The lowest BCUT2D eigenvalue weighted by Crippen LogP contribution is -2.46. The second-order valence-electron chi connectivity index (χ2n) is 7.51. The molecule has 6 nitrogen and oxygen atoms in total. The fourth-order valence-corrected chi connectivity index (χ4v) is 3.93. The molecule has 1 saturated heterocycles. The fraction of sp³-hybridized carbons (Fsp3) is 0.333. The van der Waals surface area contributed by atoms with Crippen LogP contribution in [0.3, 0.4) is 0 Å². The lowest BCUT2D eigenvalue weighted by Gasteiger charge is -2.35. The molecule has 4 rings (SSSR count). The topological polar surface area (TPSA) is 61.8 Å². The highest BCUT2D eigenvalue weighted by Crippen LogP contribution is 2.22. The molecule has 3 aromatic rings. The summed E-state index contributed by atoms with van der Waals surface area (Å²) >= 11 is 0. The summed E-state index contributed by atoms with van der Waals surface area (Å²) in [5.74, 6) is 0.501. The van der Waals surface area contributed by atoms with Crippen molar-refractivity contribution in [1.82, 2.24) is 20.5 Å². The number of pyridine rings is 1. The summed E-state index contributed by atoms with van der Waals surface area (Å²) in [6, 6.07) is 17.0. The maximum atomic E-state index is 13.5. The normalized spacial score (nSPS) is 15.8. The van der Waals surface area contributed by atoms with E-state index in [-0.39, 0.29) is 35.8 Å². The smallest absolute Gasteiger partial charge is 0.191 e. The molecule has 1 fully saturated rings. The number of hydrogen-bond acceptors (Lipinski definition) is 4. The largest absolute Gasteiger partial charge is 0.379 e. The highest BCUT2D eigenvalue weighted by atomic mass is 127. The Morgan fingerprint density at radius 3 is 2.59 bits per heavy atom. The molecule has 0 amide bonds. The van der Waals surface area contributed by atoms with Gasteiger partial charge in [0, 0.05) is 44.8 Å². The Morgan fingerprint density at radius 1 is 1.09 bits per heavy atom. The third-order valence-corrected chi connectivity index (χ3v) is 5.61. The number of morpholine rings is 1. The monoisotopic (exact) mass is 549 g/mol. The quantitative estimate of drug-likeness (QED) is 0.279. The van der Waals surface area contributed by atoms with Crippen molar-refractivity contribution in [1.29, 1.82) is 0 Å². The number of para-hydroxylation sites is 1. The molecule has 1 unspecified atom stereocenters. The van der Waals surface area contributed by atoms with E-state index < -0.39 is 0 Å². The number of nitrogens with zero attached hydrogens (tertiary/aromatic N) is 3. The molecule has 1 aliphatic heterocycles. The van der Waals surface area contributed by atoms with Gasteiger partial charge in [-0.05, 0) is 35.4 Å². The Kier molecular flexibility index (Phi) is 9.19. The average Bonchev–Trinajstić information content (AvgIpc) is 2.83. The first-order chi connectivity index (χ1) is 15.2. The molecule has 0 spiro atoms. The van der Waals surface area contributed by atoms with Crippen molar-refractivity contribution >= 4 is 40.8 Å². The van der Waals surface area contributed by atoms with Gasteiger partial charge in [0.1, 0.15) is 5.82 Å². The molecule has 170 valence electrons. The lowest BCUT2D eigenvalue weighted by atomic mass is 10.0. The van der Waals surface area contributed by atoms with Gasteiger partial charge in [0.05, 0.1) is 24.8 Å². The van der Waals surface area contributed by atoms with Crippen LogP contribution in [0.15, 0.2) is 65.8 Å². The average molecular weight is 549 g/mol. The molecule has 0 bridgehead atoms. The summed E-state index contributed by atoms with van der Waals surface area (Å²) in [6.07, 6.45) is 1.83. The maximum Gasteiger partial charge on any atom is 0.191 e. The summed E-state index contributed by atoms with van der Waals surface area (Å²) in [6.45, 7) is 4.40. The van der Waals surface area contributed by atoms with Crippen molar-refractivity contribution in [2.24, 2.45) is 4.99 Å². The number of guanidine groups is 1. The molecule has 32 heavy (non-hydrogen) atoms. The molecule has 0 saturated carbocycles. The standard InChI is InChI=1S/C24H28FN5O.HI/c1-26-24(28-16-19-10-11-27-22-5-3-2-4-21(19)22)29-17-23(30-12-14-31-15-13-30)18-6-8-20(25)9-7-18;/h2-11,23H,12-17H2,1H3,(H2,26,28,29);1H. The van der Waals surface area contributed by atoms with Gasteiger partial charge < -0.3 is 15.4 Å². The Balaban J connectivity index is 0.00000289. The number of aromatic nitrogens is 1.